The number of anilines is 1. The molecule has 0 saturated carbocycles. The summed E-state index contributed by atoms with van der Waals surface area (Å²) in [7, 11) is 0. The van der Waals surface area contributed by atoms with Gasteiger partial charge in [0.05, 0.1) is 5.56 Å². The molecular formula is C14H12FNO2S. The number of carbonyl (C=O) groups is 1. The van der Waals surface area contributed by atoms with Crippen LogP contribution >= 0.6 is 11.8 Å². The van der Waals surface area contributed by atoms with Crippen molar-refractivity contribution in [2.75, 3.05) is 5.73 Å². The minimum Gasteiger partial charge on any atom is -0.478 e. The molecule has 0 aliphatic carbocycles. The normalized spacial score (nSPS) is 10.4. The molecule has 2 aromatic rings. The van der Waals surface area contributed by atoms with Crippen molar-refractivity contribution >= 4 is 23.4 Å². The van der Waals surface area contributed by atoms with Gasteiger partial charge in [-0.3, -0.25) is 0 Å². The maximum absolute atomic E-state index is 13.0. The Morgan fingerprint density at radius 3 is 2.47 bits per heavy atom. The van der Waals surface area contributed by atoms with Crippen LogP contribution in [0.5, 0.6) is 0 Å². The molecule has 0 aromatic heterocycles. The van der Waals surface area contributed by atoms with E-state index in [1.165, 1.54) is 36.0 Å². The van der Waals surface area contributed by atoms with Crippen LogP contribution in [0.15, 0.2) is 46.2 Å². The van der Waals surface area contributed by atoms with Gasteiger partial charge < -0.3 is 10.8 Å². The van der Waals surface area contributed by atoms with Crippen LogP contribution < -0.4 is 5.73 Å². The molecule has 0 amide bonds. The fourth-order valence-electron chi connectivity index (χ4n) is 1.62. The SMILES string of the molecule is Cc1cc(F)ccc1Sc1ccc(C(=O)O)cc1N. The summed E-state index contributed by atoms with van der Waals surface area (Å²) < 4.78 is 13.0. The molecule has 0 fully saturated rings. The van der Waals surface area contributed by atoms with Crippen LogP contribution in [0.2, 0.25) is 0 Å². The second kappa shape index (κ2) is 5.32. The average molecular weight is 277 g/mol. The number of rotatable bonds is 3. The molecule has 0 aliphatic heterocycles. The smallest absolute Gasteiger partial charge is 0.335 e. The number of aryl methyl sites for hydroxylation is 1. The van der Waals surface area contributed by atoms with Gasteiger partial charge in [0, 0.05) is 15.5 Å². The van der Waals surface area contributed by atoms with Gasteiger partial charge >= 0.3 is 5.97 Å². The molecule has 0 spiro atoms. The number of halogens is 1. The number of hydrogen-bond acceptors (Lipinski definition) is 3. The average Bonchev–Trinajstić information content (AvgIpc) is 2.34. The highest BCUT2D eigenvalue weighted by Gasteiger charge is 2.09. The van der Waals surface area contributed by atoms with Gasteiger partial charge in [-0.05, 0) is 48.9 Å². The van der Waals surface area contributed by atoms with Crippen molar-refractivity contribution in [2.24, 2.45) is 0 Å². The molecule has 2 rings (SSSR count). The van der Waals surface area contributed by atoms with Gasteiger partial charge in [0.15, 0.2) is 0 Å². The Hall–Kier alpha value is -2.01. The third kappa shape index (κ3) is 3.06. The van der Waals surface area contributed by atoms with E-state index in [1.54, 1.807) is 12.1 Å². The predicted octanol–water partition coefficient (Wildman–Crippen LogP) is 3.57. The molecule has 0 radical (unpaired) electrons. The minimum atomic E-state index is -1.01. The summed E-state index contributed by atoms with van der Waals surface area (Å²) in [5, 5.41) is 8.86. The van der Waals surface area contributed by atoms with Crippen LogP contribution in [-0.2, 0) is 0 Å². The lowest BCUT2D eigenvalue weighted by Gasteiger charge is -2.08. The first-order chi connectivity index (χ1) is 8.97. The summed E-state index contributed by atoms with van der Waals surface area (Å²) in [6.45, 7) is 1.81. The van der Waals surface area contributed by atoms with Crippen LogP contribution in [0.25, 0.3) is 0 Å². The van der Waals surface area contributed by atoms with Gasteiger partial charge in [0.25, 0.3) is 0 Å². The monoisotopic (exact) mass is 277 g/mol. The van der Waals surface area contributed by atoms with Gasteiger partial charge in [-0.25, -0.2) is 9.18 Å². The van der Waals surface area contributed by atoms with Crippen molar-refractivity contribution in [2.45, 2.75) is 16.7 Å². The molecule has 0 unspecified atom stereocenters. The van der Waals surface area contributed by atoms with E-state index in [0.29, 0.717) is 5.69 Å². The van der Waals surface area contributed by atoms with Crippen molar-refractivity contribution < 1.29 is 14.3 Å². The van der Waals surface area contributed by atoms with E-state index in [2.05, 4.69) is 0 Å². The fourth-order valence-corrected chi connectivity index (χ4v) is 2.53. The van der Waals surface area contributed by atoms with Gasteiger partial charge in [-0.15, -0.1) is 0 Å². The number of benzene rings is 2. The number of hydrogen-bond donors (Lipinski definition) is 2. The van der Waals surface area contributed by atoms with Crippen LogP contribution in [0.1, 0.15) is 15.9 Å². The Labute approximate surface area is 114 Å². The van der Waals surface area contributed by atoms with Crippen LogP contribution in [-0.4, -0.2) is 11.1 Å². The summed E-state index contributed by atoms with van der Waals surface area (Å²) >= 11 is 1.39. The maximum atomic E-state index is 13.0. The van der Waals surface area contributed by atoms with E-state index in [1.807, 2.05) is 6.92 Å². The molecule has 0 saturated heterocycles. The maximum Gasteiger partial charge on any atom is 0.335 e. The zero-order chi connectivity index (χ0) is 14.0. The minimum absolute atomic E-state index is 0.151. The third-order valence-corrected chi connectivity index (χ3v) is 3.88. The molecule has 2 aromatic carbocycles. The number of carboxylic acid groups (broad SMARTS) is 1. The van der Waals surface area contributed by atoms with E-state index in [4.69, 9.17) is 10.8 Å². The lowest BCUT2D eigenvalue weighted by Crippen LogP contribution is -1.98. The van der Waals surface area contributed by atoms with Crippen LogP contribution in [0.4, 0.5) is 10.1 Å². The number of aromatic carboxylic acids is 1. The first-order valence-corrected chi connectivity index (χ1v) is 6.36. The number of nitrogens with two attached hydrogens (primary N) is 1. The Bertz CT molecular complexity index is 643. The van der Waals surface area contributed by atoms with E-state index in [9.17, 15) is 9.18 Å². The van der Waals surface area contributed by atoms with Crippen molar-refractivity contribution in [1.82, 2.24) is 0 Å². The standard InChI is InChI=1S/C14H12FNO2S/c1-8-6-10(15)3-5-12(8)19-13-4-2-9(14(17)18)7-11(13)16/h2-7H,16H2,1H3,(H,17,18). The zero-order valence-electron chi connectivity index (χ0n) is 10.2. The molecular weight excluding hydrogens is 265 g/mol. The summed E-state index contributed by atoms with van der Waals surface area (Å²) in [6, 6.07) is 9.09. The summed E-state index contributed by atoms with van der Waals surface area (Å²) in [5.41, 5.74) is 7.19. The van der Waals surface area contributed by atoms with E-state index < -0.39 is 5.97 Å². The Balaban J connectivity index is 2.31. The van der Waals surface area contributed by atoms with Crippen molar-refractivity contribution in [3.8, 4) is 0 Å². The highest BCUT2D eigenvalue weighted by atomic mass is 32.2. The molecule has 0 atom stereocenters. The van der Waals surface area contributed by atoms with Gasteiger partial charge in [-0.1, -0.05) is 11.8 Å². The van der Waals surface area contributed by atoms with E-state index >= 15 is 0 Å². The topological polar surface area (TPSA) is 63.3 Å². The number of nitrogen functional groups attached to an aromatic ring is 1. The molecule has 3 nitrogen and oxygen atoms in total. The molecule has 5 heteroatoms. The molecule has 0 bridgehead atoms. The highest BCUT2D eigenvalue weighted by Crippen LogP contribution is 2.34. The zero-order valence-corrected chi connectivity index (χ0v) is 11.0. The molecule has 19 heavy (non-hydrogen) atoms. The Morgan fingerprint density at radius 2 is 1.89 bits per heavy atom. The lowest BCUT2D eigenvalue weighted by molar-refractivity contribution is 0.0697. The van der Waals surface area contributed by atoms with Gasteiger partial charge in [-0.2, -0.15) is 0 Å². The summed E-state index contributed by atoms with van der Waals surface area (Å²) in [6.07, 6.45) is 0. The first kappa shape index (κ1) is 13.4. The van der Waals surface area contributed by atoms with Crippen molar-refractivity contribution in [3.63, 3.8) is 0 Å². The second-order valence-electron chi connectivity index (χ2n) is 4.07. The van der Waals surface area contributed by atoms with Crippen molar-refractivity contribution in [1.29, 1.82) is 0 Å². The van der Waals surface area contributed by atoms with E-state index in [0.717, 1.165) is 15.4 Å². The predicted molar refractivity (Wildman–Crippen MR) is 73.1 cm³/mol. The third-order valence-electron chi connectivity index (χ3n) is 2.61. The largest absolute Gasteiger partial charge is 0.478 e. The van der Waals surface area contributed by atoms with Crippen molar-refractivity contribution in [3.05, 3.63) is 53.3 Å². The Morgan fingerprint density at radius 1 is 1.21 bits per heavy atom. The molecule has 0 heterocycles. The van der Waals surface area contributed by atoms with Gasteiger partial charge in [0.2, 0.25) is 0 Å². The van der Waals surface area contributed by atoms with E-state index in [-0.39, 0.29) is 11.4 Å². The van der Waals surface area contributed by atoms with Crippen LogP contribution in [0, 0.1) is 12.7 Å². The fraction of sp³-hybridized carbons (Fsp3) is 0.0714. The molecule has 98 valence electrons. The summed E-state index contributed by atoms with van der Waals surface area (Å²) in [5.74, 6) is -1.29. The summed E-state index contributed by atoms with van der Waals surface area (Å²) in [4.78, 5) is 12.4. The second-order valence-corrected chi connectivity index (χ2v) is 5.15. The number of carboxylic acids is 1. The lowest BCUT2D eigenvalue weighted by atomic mass is 10.2. The van der Waals surface area contributed by atoms with Crippen LogP contribution in [0.3, 0.4) is 0 Å². The molecule has 0 aliphatic rings. The highest BCUT2D eigenvalue weighted by molar-refractivity contribution is 7.99. The molecule has 3 N–H and O–H groups in total. The quantitative estimate of drug-likeness (QED) is 0.842. The first-order valence-electron chi connectivity index (χ1n) is 5.54. The van der Waals surface area contributed by atoms with Gasteiger partial charge in [0.1, 0.15) is 5.82 Å². The Kier molecular flexibility index (Phi) is 3.76.